The summed E-state index contributed by atoms with van der Waals surface area (Å²) in [7, 11) is 1.93. The first-order valence-electron chi connectivity index (χ1n) is 7.73. The Bertz CT molecular complexity index is 638. The summed E-state index contributed by atoms with van der Waals surface area (Å²) in [6.07, 6.45) is 0. The van der Waals surface area contributed by atoms with Gasteiger partial charge in [-0.25, -0.2) is 0 Å². The molecule has 0 N–H and O–H groups in total. The maximum absolute atomic E-state index is 5.25. The van der Waals surface area contributed by atoms with Gasteiger partial charge in [0.05, 0.1) is 20.1 Å². The van der Waals surface area contributed by atoms with Crippen molar-refractivity contribution in [2.45, 2.75) is 25.6 Å². The highest BCUT2D eigenvalue weighted by atomic mass is 28.3. The molecule has 0 saturated heterocycles. The van der Waals surface area contributed by atoms with Crippen molar-refractivity contribution in [2.75, 3.05) is 14.2 Å². The molecule has 2 aromatic carbocycles. The van der Waals surface area contributed by atoms with Crippen LogP contribution in [0, 0.1) is 11.5 Å². The van der Waals surface area contributed by atoms with Crippen LogP contribution in [-0.4, -0.2) is 22.3 Å². The van der Waals surface area contributed by atoms with E-state index in [2.05, 4.69) is 55.4 Å². The lowest BCUT2D eigenvalue weighted by molar-refractivity contribution is 0.414. The second-order valence-electron chi connectivity index (χ2n) is 6.50. The summed E-state index contributed by atoms with van der Waals surface area (Å²) in [6, 6.07) is 16.3. The summed E-state index contributed by atoms with van der Waals surface area (Å²) in [5.74, 6) is 5.29. The lowest BCUT2D eigenvalue weighted by Gasteiger charge is -2.14. The first kappa shape index (κ1) is 17.2. The number of rotatable bonds is 4. The molecule has 2 aromatic rings. The molecule has 0 saturated carbocycles. The smallest absolute Gasteiger partial charge is 0.129 e. The van der Waals surface area contributed by atoms with Gasteiger partial charge in [0.2, 0.25) is 0 Å². The van der Waals surface area contributed by atoms with Gasteiger partial charge in [0, 0.05) is 0 Å². The van der Waals surface area contributed by atoms with Crippen molar-refractivity contribution in [1.29, 1.82) is 0 Å². The van der Waals surface area contributed by atoms with Gasteiger partial charge in [0.25, 0.3) is 0 Å². The van der Waals surface area contributed by atoms with Crippen molar-refractivity contribution < 1.29 is 9.47 Å². The molecule has 0 aromatic heterocycles. The van der Waals surface area contributed by atoms with Gasteiger partial charge in [-0.3, -0.25) is 0 Å². The third kappa shape index (κ3) is 4.90. The van der Waals surface area contributed by atoms with Gasteiger partial charge in [-0.2, -0.15) is 0 Å². The van der Waals surface area contributed by atoms with E-state index in [1.807, 2.05) is 24.3 Å². The van der Waals surface area contributed by atoms with Gasteiger partial charge in [-0.1, -0.05) is 49.8 Å². The Balaban J connectivity index is 2.42. The van der Waals surface area contributed by atoms with Crippen LogP contribution in [0.4, 0.5) is 0 Å². The second kappa shape index (κ2) is 7.39. The Kier molecular flexibility index (Phi) is 5.52. The number of hydrogen-bond donors (Lipinski definition) is 0. The average molecular weight is 324 g/mol. The Morgan fingerprint density at radius 1 is 0.739 bits per heavy atom. The van der Waals surface area contributed by atoms with Crippen LogP contribution < -0.4 is 9.47 Å². The van der Waals surface area contributed by atoms with Gasteiger partial charge in [-0.15, -0.1) is 5.54 Å². The topological polar surface area (TPSA) is 18.5 Å². The minimum atomic E-state index is -1.43. The van der Waals surface area contributed by atoms with Crippen molar-refractivity contribution in [3.05, 3.63) is 59.7 Å². The Hall–Kier alpha value is -2.18. The van der Waals surface area contributed by atoms with Gasteiger partial charge >= 0.3 is 0 Å². The molecule has 0 bridgehead atoms. The van der Waals surface area contributed by atoms with Crippen LogP contribution in [0.3, 0.4) is 0 Å². The van der Waals surface area contributed by atoms with E-state index in [1.165, 1.54) is 11.1 Å². The zero-order chi connectivity index (χ0) is 16.9. The minimum absolute atomic E-state index is 0.0681. The first-order valence-corrected chi connectivity index (χ1v) is 11.2. The van der Waals surface area contributed by atoms with Crippen LogP contribution in [-0.2, 0) is 0 Å². The van der Waals surface area contributed by atoms with Crippen LogP contribution in [0.25, 0.3) is 0 Å². The van der Waals surface area contributed by atoms with Crippen LogP contribution in [0.15, 0.2) is 48.5 Å². The van der Waals surface area contributed by atoms with E-state index < -0.39 is 8.07 Å². The second-order valence-corrected chi connectivity index (χ2v) is 11.2. The lowest BCUT2D eigenvalue weighted by atomic mass is 9.92. The molecule has 0 fully saturated rings. The summed E-state index contributed by atoms with van der Waals surface area (Å²) >= 11 is 0. The molecular weight excluding hydrogens is 300 g/mol. The Morgan fingerprint density at radius 2 is 1.13 bits per heavy atom. The number of methoxy groups -OCH3 is 2. The molecule has 23 heavy (non-hydrogen) atoms. The zero-order valence-corrected chi connectivity index (χ0v) is 15.5. The third-order valence-electron chi connectivity index (χ3n) is 3.49. The highest BCUT2D eigenvalue weighted by Gasteiger charge is 2.14. The molecule has 0 aliphatic carbocycles. The Morgan fingerprint density at radius 3 is 1.43 bits per heavy atom. The average Bonchev–Trinajstić information content (AvgIpc) is 2.55. The van der Waals surface area contributed by atoms with Crippen molar-refractivity contribution in [3.63, 3.8) is 0 Å². The summed E-state index contributed by atoms with van der Waals surface area (Å²) < 4.78 is 10.5. The monoisotopic (exact) mass is 324 g/mol. The van der Waals surface area contributed by atoms with Gasteiger partial charge in [0.1, 0.15) is 19.6 Å². The van der Waals surface area contributed by atoms with E-state index >= 15 is 0 Å². The van der Waals surface area contributed by atoms with E-state index in [-0.39, 0.29) is 5.92 Å². The number of hydrogen-bond acceptors (Lipinski definition) is 2. The third-order valence-corrected chi connectivity index (χ3v) is 4.38. The van der Waals surface area contributed by atoms with E-state index in [4.69, 9.17) is 9.47 Å². The van der Waals surface area contributed by atoms with Crippen LogP contribution in [0.5, 0.6) is 11.5 Å². The minimum Gasteiger partial charge on any atom is -0.497 e. The van der Waals surface area contributed by atoms with Crippen molar-refractivity contribution in [3.8, 4) is 23.0 Å². The van der Waals surface area contributed by atoms with Crippen molar-refractivity contribution >= 4 is 8.07 Å². The van der Waals surface area contributed by atoms with Gasteiger partial charge in [-0.05, 0) is 35.4 Å². The maximum atomic E-state index is 5.25. The summed E-state index contributed by atoms with van der Waals surface area (Å²) in [5, 5.41) is 0. The normalized spacial score (nSPS) is 10.9. The van der Waals surface area contributed by atoms with E-state index in [9.17, 15) is 0 Å². The zero-order valence-electron chi connectivity index (χ0n) is 14.5. The molecule has 2 rings (SSSR count). The predicted octanol–water partition coefficient (Wildman–Crippen LogP) is 4.72. The van der Waals surface area contributed by atoms with Crippen LogP contribution in [0.1, 0.15) is 17.0 Å². The van der Waals surface area contributed by atoms with Crippen LogP contribution in [0.2, 0.25) is 19.6 Å². The molecular formula is C20H24O2Si. The van der Waals surface area contributed by atoms with E-state index in [1.54, 1.807) is 14.2 Å². The highest BCUT2D eigenvalue weighted by Crippen LogP contribution is 2.27. The molecule has 0 atom stereocenters. The van der Waals surface area contributed by atoms with Crippen molar-refractivity contribution in [1.82, 2.24) is 0 Å². The van der Waals surface area contributed by atoms with Gasteiger partial charge < -0.3 is 9.47 Å². The standard InChI is InChI=1S/C20H24O2Si/c1-21-18-10-6-16(7-11-18)20(14-15-23(3,4)5)17-8-12-19(22-2)13-9-17/h6-13,20H,1-5H3. The van der Waals surface area contributed by atoms with Crippen LogP contribution >= 0.6 is 0 Å². The van der Waals surface area contributed by atoms with E-state index in [0.717, 1.165) is 11.5 Å². The number of ether oxygens (including phenoxy) is 2. The molecule has 120 valence electrons. The largest absolute Gasteiger partial charge is 0.497 e. The molecule has 0 spiro atoms. The molecule has 0 amide bonds. The number of benzene rings is 2. The molecule has 0 aliphatic heterocycles. The molecule has 0 aliphatic rings. The molecule has 2 nitrogen and oxygen atoms in total. The maximum Gasteiger partial charge on any atom is 0.129 e. The highest BCUT2D eigenvalue weighted by molar-refractivity contribution is 6.83. The van der Waals surface area contributed by atoms with Gasteiger partial charge in [0.15, 0.2) is 0 Å². The SMILES string of the molecule is COc1ccc(C(C#C[Si](C)(C)C)c2ccc(OC)cc2)cc1. The van der Waals surface area contributed by atoms with Crippen molar-refractivity contribution in [2.24, 2.45) is 0 Å². The quantitative estimate of drug-likeness (QED) is 0.598. The summed E-state index contributed by atoms with van der Waals surface area (Å²) in [5.41, 5.74) is 5.87. The molecule has 0 heterocycles. The molecule has 0 radical (unpaired) electrons. The fraction of sp³-hybridized carbons (Fsp3) is 0.300. The molecule has 0 unspecified atom stereocenters. The van der Waals surface area contributed by atoms with E-state index in [0.29, 0.717) is 0 Å². The fourth-order valence-electron chi connectivity index (χ4n) is 2.24. The fourth-order valence-corrected chi connectivity index (χ4v) is 2.82. The summed E-state index contributed by atoms with van der Waals surface area (Å²) in [6.45, 7) is 6.79. The summed E-state index contributed by atoms with van der Waals surface area (Å²) in [4.78, 5) is 0. The first-order chi connectivity index (χ1) is 10.9. The molecule has 3 heteroatoms. The predicted molar refractivity (Wildman–Crippen MR) is 99.0 cm³/mol. The lowest BCUT2D eigenvalue weighted by Crippen LogP contribution is -2.17. The Labute approximate surface area is 140 Å².